The van der Waals surface area contributed by atoms with E-state index in [1.807, 2.05) is 27.7 Å². The number of carbonyl (C=O) groups excluding carboxylic acids is 3. The molecular weight excluding hydrogens is 398 g/mol. The maximum absolute atomic E-state index is 11.9. The summed E-state index contributed by atoms with van der Waals surface area (Å²) in [5, 5.41) is 5.26. The highest BCUT2D eigenvalue weighted by atomic mass is 16.6. The number of nitrogens with one attached hydrogen (secondary N) is 2. The Hall–Kier alpha value is -2.61. The van der Waals surface area contributed by atoms with Gasteiger partial charge in [0, 0.05) is 19.0 Å². The first-order chi connectivity index (χ1) is 14.6. The minimum atomic E-state index is -0.619. The van der Waals surface area contributed by atoms with E-state index >= 15 is 0 Å². The molecule has 8 nitrogen and oxygen atoms in total. The van der Waals surface area contributed by atoms with Crippen LogP contribution in [0.5, 0.6) is 0 Å². The van der Waals surface area contributed by atoms with Gasteiger partial charge in [0.15, 0.2) is 0 Å². The SMILES string of the molecule is CC.CC.CNC(=O)c1ccc(COCC(CCC(N)=O)NC(=O)OC(C)(C)C)cc1. The van der Waals surface area contributed by atoms with Crippen molar-refractivity contribution in [2.75, 3.05) is 13.7 Å². The van der Waals surface area contributed by atoms with Gasteiger partial charge in [-0.05, 0) is 44.9 Å². The van der Waals surface area contributed by atoms with E-state index in [1.165, 1.54) is 0 Å². The molecule has 8 heteroatoms. The van der Waals surface area contributed by atoms with Crippen molar-refractivity contribution in [3.05, 3.63) is 35.4 Å². The van der Waals surface area contributed by atoms with Crippen LogP contribution in [0.3, 0.4) is 0 Å². The number of primary amides is 1. The van der Waals surface area contributed by atoms with Gasteiger partial charge in [-0.15, -0.1) is 0 Å². The van der Waals surface area contributed by atoms with E-state index in [0.29, 0.717) is 18.6 Å². The van der Waals surface area contributed by atoms with Crippen LogP contribution < -0.4 is 16.4 Å². The van der Waals surface area contributed by atoms with Gasteiger partial charge in [0.2, 0.25) is 5.91 Å². The highest BCUT2D eigenvalue weighted by Crippen LogP contribution is 2.09. The molecule has 0 aliphatic rings. The first-order valence-electron chi connectivity index (χ1n) is 10.8. The maximum atomic E-state index is 11.9. The smallest absolute Gasteiger partial charge is 0.407 e. The third-order valence-electron chi connectivity index (χ3n) is 3.49. The van der Waals surface area contributed by atoms with Crippen molar-refractivity contribution in [2.24, 2.45) is 5.73 Å². The van der Waals surface area contributed by atoms with E-state index in [0.717, 1.165) is 5.56 Å². The molecule has 0 heterocycles. The molecular formula is C23H41N3O5. The lowest BCUT2D eigenvalue weighted by Gasteiger charge is -2.23. The molecule has 1 unspecified atom stereocenters. The number of rotatable bonds is 9. The quantitative estimate of drug-likeness (QED) is 0.541. The summed E-state index contributed by atoms with van der Waals surface area (Å²) >= 11 is 0. The molecule has 0 aromatic heterocycles. The third kappa shape index (κ3) is 15.8. The largest absolute Gasteiger partial charge is 0.444 e. The molecule has 0 spiro atoms. The molecule has 0 fully saturated rings. The molecule has 0 saturated heterocycles. The summed E-state index contributed by atoms with van der Waals surface area (Å²) in [5.74, 6) is -0.605. The molecule has 0 bridgehead atoms. The molecule has 4 N–H and O–H groups in total. The van der Waals surface area contributed by atoms with Gasteiger partial charge in [-0.3, -0.25) is 9.59 Å². The maximum Gasteiger partial charge on any atom is 0.407 e. The number of alkyl carbamates (subject to hydrolysis) is 1. The summed E-state index contributed by atoms with van der Waals surface area (Å²) in [6.45, 7) is 13.8. The van der Waals surface area contributed by atoms with Crippen molar-refractivity contribution in [3.63, 3.8) is 0 Å². The fourth-order valence-corrected chi connectivity index (χ4v) is 2.20. The molecule has 1 aromatic carbocycles. The fourth-order valence-electron chi connectivity index (χ4n) is 2.20. The lowest BCUT2D eigenvalue weighted by molar-refractivity contribution is -0.118. The zero-order valence-corrected chi connectivity index (χ0v) is 20.3. The predicted molar refractivity (Wildman–Crippen MR) is 124 cm³/mol. The highest BCUT2D eigenvalue weighted by Gasteiger charge is 2.20. The Kier molecular flexibility index (Phi) is 16.9. The van der Waals surface area contributed by atoms with E-state index < -0.39 is 23.6 Å². The molecule has 3 amide bonds. The Balaban J connectivity index is 0. The summed E-state index contributed by atoms with van der Waals surface area (Å²) in [5.41, 5.74) is 6.01. The summed E-state index contributed by atoms with van der Waals surface area (Å²) in [6.07, 6.45) is -0.0926. The van der Waals surface area contributed by atoms with Gasteiger partial charge in [0.05, 0.1) is 19.3 Å². The van der Waals surface area contributed by atoms with Crippen molar-refractivity contribution >= 4 is 17.9 Å². The van der Waals surface area contributed by atoms with E-state index in [2.05, 4.69) is 10.6 Å². The van der Waals surface area contributed by atoms with Gasteiger partial charge in [-0.2, -0.15) is 0 Å². The monoisotopic (exact) mass is 439 g/mol. The van der Waals surface area contributed by atoms with Crippen molar-refractivity contribution in [3.8, 4) is 0 Å². The molecule has 1 rings (SSSR count). The summed E-state index contributed by atoms with van der Waals surface area (Å²) in [4.78, 5) is 34.5. The number of carbonyl (C=O) groups is 3. The molecule has 178 valence electrons. The van der Waals surface area contributed by atoms with Gasteiger partial charge in [-0.1, -0.05) is 39.8 Å². The van der Waals surface area contributed by atoms with Crippen LogP contribution in [0.1, 0.15) is 77.2 Å². The molecule has 1 atom stereocenters. The topological polar surface area (TPSA) is 120 Å². The average Bonchev–Trinajstić information content (AvgIpc) is 2.73. The first-order valence-corrected chi connectivity index (χ1v) is 10.8. The third-order valence-corrected chi connectivity index (χ3v) is 3.49. The molecule has 0 aliphatic carbocycles. The standard InChI is InChI=1S/C19H29N3O5.2C2H6/c1-19(2,3)27-18(25)22-15(9-10-16(20)23)12-26-11-13-5-7-14(8-6-13)17(24)21-4;2*1-2/h5-8,15H,9-12H2,1-4H3,(H2,20,23)(H,21,24)(H,22,25);2*1-2H3. The number of amides is 3. The van der Waals surface area contributed by atoms with E-state index in [4.69, 9.17) is 15.2 Å². The molecule has 0 radical (unpaired) electrons. The van der Waals surface area contributed by atoms with Gasteiger partial charge < -0.3 is 25.8 Å². The molecule has 1 aromatic rings. The first kappa shape index (κ1) is 30.6. The lowest BCUT2D eigenvalue weighted by Crippen LogP contribution is -2.42. The second kappa shape index (κ2) is 17.1. The Bertz CT molecular complexity index is 640. The second-order valence-electron chi connectivity index (χ2n) is 7.14. The van der Waals surface area contributed by atoms with Crippen molar-refractivity contribution in [2.45, 2.75) is 79.6 Å². The molecule has 0 saturated carbocycles. The van der Waals surface area contributed by atoms with Crippen LogP contribution in [0.25, 0.3) is 0 Å². The van der Waals surface area contributed by atoms with Crippen molar-refractivity contribution in [1.29, 1.82) is 0 Å². The van der Waals surface area contributed by atoms with Crippen LogP contribution in [-0.2, 0) is 20.9 Å². The zero-order chi connectivity index (χ0) is 24.4. The van der Waals surface area contributed by atoms with Crippen molar-refractivity contribution in [1.82, 2.24) is 10.6 Å². The van der Waals surface area contributed by atoms with Crippen LogP contribution in [0.2, 0.25) is 0 Å². The Morgan fingerprint density at radius 1 is 1.03 bits per heavy atom. The lowest BCUT2D eigenvalue weighted by atomic mass is 10.1. The number of hydrogen-bond acceptors (Lipinski definition) is 5. The Morgan fingerprint density at radius 2 is 1.58 bits per heavy atom. The van der Waals surface area contributed by atoms with E-state index in [1.54, 1.807) is 52.1 Å². The second-order valence-corrected chi connectivity index (χ2v) is 7.14. The summed E-state index contributed by atoms with van der Waals surface area (Å²) in [6, 6.07) is 6.61. The van der Waals surface area contributed by atoms with Crippen LogP contribution in [0.15, 0.2) is 24.3 Å². The predicted octanol–water partition coefficient (Wildman–Crippen LogP) is 3.77. The summed E-state index contributed by atoms with van der Waals surface area (Å²) < 4.78 is 10.9. The van der Waals surface area contributed by atoms with Crippen LogP contribution in [0.4, 0.5) is 4.79 Å². The van der Waals surface area contributed by atoms with Gasteiger partial charge in [0.1, 0.15) is 5.60 Å². The fraction of sp³-hybridized carbons (Fsp3) is 0.609. The van der Waals surface area contributed by atoms with Crippen LogP contribution in [0, 0.1) is 0 Å². The van der Waals surface area contributed by atoms with Crippen molar-refractivity contribution < 1.29 is 23.9 Å². The van der Waals surface area contributed by atoms with Crippen LogP contribution >= 0.6 is 0 Å². The highest BCUT2D eigenvalue weighted by molar-refractivity contribution is 5.93. The average molecular weight is 440 g/mol. The number of benzene rings is 1. The van der Waals surface area contributed by atoms with E-state index in [-0.39, 0.29) is 18.9 Å². The summed E-state index contributed by atoms with van der Waals surface area (Å²) in [7, 11) is 1.57. The minimum Gasteiger partial charge on any atom is -0.444 e. The molecule has 31 heavy (non-hydrogen) atoms. The number of nitrogens with two attached hydrogens (primary N) is 1. The number of hydrogen-bond donors (Lipinski definition) is 3. The van der Waals surface area contributed by atoms with E-state index in [9.17, 15) is 14.4 Å². The van der Waals surface area contributed by atoms with Gasteiger partial charge in [-0.25, -0.2) is 4.79 Å². The molecule has 0 aliphatic heterocycles. The van der Waals surface area contributed by atoms with Gasteiger partial charge in [0.25, 0.3) is 5.91 Å². The normalized spacial score (nSPS) is 11.0. The number of ether oxygens (including phenoxy) is 2. The Morgan fingerprint density at radius 3 is 2.03 bits per heavy atom. The van der Waals surface area contributed by atoms with Gasteiger partial charge >= 0.3 is 6.09 Å². The van der Waals surface area contributed by atoms with Crippen LogP contribution in [-0.4, -0.2) is 43.2 Å². The minimum absolute atomic E-state index is 0.130. The Labute approximate surface area is 187 Å². The zero-order valence-electron chi connectivity index (χ0n) is 20.3.